The number of aryl methyl sites for hydroxylation is 1. The summed E-state index contributed by atoms with van der Waals surface area (Å²) >= 11 is 0. The summed E-state index contributed by atoms with van der Waals surface area (Å²) in [5.41, 5.74) is 3.67. The molecule has 0 fully saturated rings. The van der Waals surface area contributed by atoms with Gasteiger partial charge in [0.2, 0.25) is 5.91 Å². The lowest BCUT2D eigenvalue weighted by molar-refractivity contribution is -0.133. The highest BCUT2D eigenvalue weighted by molar-refractivity contribution is 5.77. The smallest absolute Gasteiger partial charge is 0.223 e. The van der Waals surface area contributed by atoms with Crippen molar-refractivity contribution in [3.05, 3.63) is 72.1 Å². The molecule has 1 aromatic carbocycles. The Morgan fingerprint density at radius 1 is 1.24 bits per heavy atom. The zero-order valence-electron chi connectivity index (χ0n) is 16.0. The minimum absolute atomic E-state index is 0.0138. The van der Waals surface area contributed by atoms with Gasteiger partial charge < -0.3 is 9.47 Å². The van der Waals surface area contributed by atoms with E-state index in [4.69, 9.17) is 0 Å². The van der Waals surface area contributed by atoms with E-state index >= 15 is 0 Å². The molecule has 1 aromatic heterocycles. The predicted octanol–water partition coefficient (Wildman–Crippen LogP) is 4.80. The van der Waals surface area contributed by atoms with Crippen molar-refractivity contribution in [2.45, 2.75) is 47.2 Å². The first-order chi connectivity index (χ1) is 11.8. The van der Waals surface area contributed by atoms with Gasteiger partial charge in [-0.15, -0.1) is 6.58 Å². The van der Waals surface area contributed by atoms with E-state index in [2.05, 4.69) is 75.4 Å². The second-order valence-electron chi connectivity index (χ2n) is 7.92. The van der Waals surface area contributed by atoms with Gasteiger partial charge in [-0.25, -0.2) is 0 Å². The van der Waals surface area contributed by atoms with E-state index in [0.29, 0.717) is 19.5 Å². The van der Waals surface area contributed by atoms with Crippen LogP contribution in [0.1, 0.15) is 44.0 Å². The fourth-order valence-electron chi connectivity index (χ4n) is 2.93. The lowest BCUT2D eigenvalue weighted by atomic mass is 9.91. The number of hydrogen-bond donors (Lipinski definition) is 0. The maximum absolute atomic E-state index is 12.7. The molecule has 1 amide bonds. The second-order valence-corrected chi connectivity index (χ2v) is 7.92. The van der Waals surface area contributed by atoms with Crippen LogP contribution in [-0.4, -0.2) is 21.9 Å². The van der Waals surface area contributed by atoms with Gasteiger partial charge in [0, 0.05) is 31.4 Å². The summed E-state index contributed by atoms with van der Waals surface area (Å²) in [5.74, 6) is 0.177. The Morgan fingerprint density at radius 3 is 2.64 bits per heavy atom. The van der Waals surface area contributed by atoms with Crippen LogP contribution in [0.3, 0.4) is 0 Å². The normalized spacial score (nSPS) is 11.4. The number of carbonyl (C=O) groups excluding carboxylic acids is 1. The summed E-state index contributed by atoms with van der Waals surface area (Å²) in [6, 6.07) is 12.7. The summed E-state index contributed by atoms with van der Waals surface area (Å²) in [5, 5.41) is 0. The molecule has 0 bridgehead atoms. The lowest BCUT2D eigenvalue weighted by Crippen LogP contribution is -2.34. The van der Waals surface area contributed by atoms with E-state index < -0.39 is 0 Å². The van der Waals surface area contributed by atoms with E-state index in [-0.39, 0.29) is 11.3 Å². The quantitative estimate of drug-likeness (QED) is 0.666. The van der Waals surface area contributed by atoms with Crippen molar-refractivity contribution in [2.24, 2.45) is 5.41 Å². The van der Waals surface area contributed by atoms with Crippen molar-refractivity contribution in [3.8, 4) is 0 Å². The third-order valence-electron chi connectivity index (χ3n) is 4.10. The average molecular weight is 338 g/mol. The van der Waals surface area contributed by atoms with Crippen LogP contribution in [0.25, 0.3) is 0 Å². The molecule has 0 aliphatic carbocycles. The number of nitrogens with zero attached hydrogens (tertiary/aromatic N) is 2. The lowest BCUT2D eigenvalue weighted by Gasteiger charge is -2.26. The van der Waals surface area contributed by atoms with E-state index in [1.54, 1.807) is 6.08 Å². The van der Waals surface area contributed by atoms with Crippen molar-refractivity contribution >= 4 is 5.91 Å². The van der Waals surface area contributed by atoms with E-state index in [1.807, 2.05) is 11.0 Å². The largest absolute Gasteiger partial charge is 0.345 e. The Balaban J connectivity index is 2.13. The Labute approximate surface area is 152 Å². The Bertz CT molecular complexity index is 722. The summed E-state index contributed by atoms with van der Waals surface area (Å²) in [6.07, 6.45) is 4.42. The van der Waals surface area contributed by atoms with Crippen LogP contribution >= 0.6 is 0 Å². The van der Waals surface area contributed by atoms with Crippen LogP contribution in [0.4, 0.5) is 0 Å². The van der Waals surface area contributed by atoms with E-state index in [0.717, 1.165) is 12.2 Å². The van der Waals surface area contributed by atoms with Crippen LogP contribution in [-0.2, 0) is 17.9 Å². The van der Waals surface area contributed by atoms with Gasteiger partial charge in [-0.1, -0.05) is 56.7 Å². The number of carbonyl (C=O) groups is 1. The number of hydrogen-bond acceptors (Lipinski definition) is 1. The molecule has 0 unspecified atom stereocenters. The van der Waals surface area contributed by atoms with Crippen molar-refractivity contribution < 1.29 is 4.79 Å². The minimum atomic E-state index is -0.0138. The molecular formula is C22H30N2O. The van der Waals surface area contributed by atoms with Gasteiger partial charge in [0.15, 0.2) is 0 Å². The van der Waals surface area contributed by atoms with Gasteiger partial charge in [-0.3, -0.25) is 4.79 Å². The van der Waals surface area contributed by atoms with E-state index in [1.165, 1.54) is 11.1 Å². The maximum Gasteiger partial charge on any atom is 0.223 e. The molecule has 2 rings (SSSR count). The van der Waals surface area contributed by atoms with Crippen molar-refractivity contribution in [3.63, 3.8) is 0 Å². The van der Waals surface area contributed by atoms with Crippen LogP contribution in [0, 0.1) is 12.3 Å². The minimum Gasteiger partial charge on any atom is -0.345 e. The SMILES string of the molecule is C=CCN(Cc1cccn1Cc1cccc(C)c1)C(=O)CC(C)(C)C. The molecule has 0 N–H and O–H groups in total. The van der Waals surface area contributed by atoms with Gasteiger partial charge in [-0.2, -0.15) is 0 Å². The molecule has 25 heavy (non-hydrogen) atoms. The third kappa shape index (κ3) is 5.93. The van der Waals surface area contributed by atoms with Gasteiger partial charge in [0.05, 0.1) is 6.54 Å². The Hall–Kier alpha value is -2.29. The first-order valence-corrected chi connectivity index (χ1v) is 8.87. The zero-order valence-corrected chi connectivity index (χ0v) is 16.0. The molecule has 3 heteroatoms. The standard InChI is InChI=1S/C22H30N2O/c1-6-12-24(21(25)15-22(3,4)5)17-20-11-8-13-23(20)16-19-10-7-9-18(2)14-19/h6-11,13-14H,1,12,15-17H2,2-5H3. The molecule has 0 saturated heterocycles. The fourth-order valence-corrected chi connectivity index (χ4v) is 2.93. The fraction of sp³-hybridized carbons (Fsp3) is 0.409. The first kappa shape index (κ1) is 19.0. The monoisotopic (exact) mass is 338 g/mol. The summed E-state index contributed by atoms with van der Waals surface area (Å²) in [7, 11) is 0. The molecular weight excluding hydrogens is 308 g/mol. The molecule has 2 aromatic rings. The zero-order chi connectivity index (χ0) is 18.4. The molecule has 0 aliphatic rings. The molecule has 0 spiro atoms. The Kier molecular flexibility index (Phi) is 6.24. The topological polar surface area (TPSA) is 25.2 Å². The molecule has 0 saturated carbocycles. The highest BCUT2D eigenvalue weighted by Gasteiger charge is 2.21. The number of rotatable bonds is 7. The number of benzene rings is 1. The molecule has 0 atom stereocenters. The van der Waals surface area contributed by atoms with Gasteiger partial charge in [0.25, 0.3) is 0 Å². The van der Waals surface area contributed by atoms with Crippen LogP contribution < -0.4 is 0 Å². The van der Waals surface area contributed by atoms with Gasteiger partial charge in [-0.05, 0) is 30.0 Å². The predicted molar refractivity (Wildman–Crippen MR) is 104 cm³/mol. The average Bonchev–Trinajstić information content (AvgIpc) is 2.92. The van der Waals surface area contributed by atoms with Crippen LogP contribution in [0.5, 0.6) is 0 Å². The van der Waals surface area contributed by atoms with Gasteiger partial charge >= 0.3 is 0 Å². The van der Waals surface area contributed by atoms with Crippen molar-refractivity contribution in [1.82, 2.24) is 9.47 Å². The Morgan fingerprint density at radius 2 is 2.00 bits per heavy atom. The summed E-state index contributed by atoms with van der Waals surface area (Å²) in [6.45, 7) is 14.2. The summed E-state index contributed by atoms with van der Waals surface area (Å²) in [4.78, 5) is 14.5. The molecule has 0 aliphatic heterocycles. The highest BCUT2D eigenvalue weighted by Crippen LogP contribution is 2.21. The first-order valence-electron chi connectivity index (χ1n) is 8.87. The third-order valence-corrected chi connectivity index (χ3v) is 4.10. The number of aromatic nitrogens is 1. The van der Waals surface area contributed by atoms with Crippen LogP contribution in [0.15, 0.2) is 55.3 Å². The maximum atomic E-state index is 12.7. The van der Waals surface area contributed by atoms with Crippen molar-refractivity contribution in [2.75, 3.05) is 6.54 Å². The van der Waals surface area contributed by atoms with Crippen LogP contribution in [0.2, 0.25) is 0 Å². The van der Waals surface area contributed by atoms with E-state index in [9.17, 15) is 4.79 Å². The summed E-state index contributed by atoms with van der Waals surface area (Å²) < 4.78 is 2.22. The number of amides is 1. The highest BCUT2D eigenvalue weighted by atomic mass is 16.2. The van der Waals surface area contributed by atoms with Gasteiger partial charge in [0.1, 0.15) is 0 Å². The molecule has 134 valence electrons. The second kappa shape index (κ2) is 8.19. The molecule has 1 heterocycles. The molecule has 0 radical (unpaired) electrons. The molecule has 3 nitrogen and oxygen atoms in total. The van der Waals surface area contributed by atoms with Crippen molar-refractivity contribution in [1.29, 1.82) is 0 Å².